The van der Waals surface area contributed by atoms with Crippen LogP contribution in [-0.2, 0) is 9.53 Å². The van der Waals surface area contributed by atoms with Gasteiger partial charge in [-0.3, -0.25) is 9.59 Å². The molecule has 0 saturated heterocycles. The van der Waals surface area contributed by atoms with Crippen molar-refractivity contribution in [2.75, 3.05) is 26.9 Å². The molecule has 6 heteroatoms. The summed E-state index contributed by atoms with van der Waals surface area (Å²) in [6.07, 6.45) is 0. The first-order valence-electron chi connectivity index (χ1n) is 6.37. The van der Waals surface area contributed by atoms with Crippen molar-refractivity contribution >= 4 is 11.9 Å². The summed E-state index contributed by atoms with van der Waals surface area (Å²) < 4.78 is 15.2. The number of hydrogen-bond acceptors (Lipinski definition) is 5. The minimum absolute atomic E-state index is 0.164. The van der Waals surface area contributed by atoms with Crippen molar-refractivity contribution < 1.29 is 23.8 Å². The Morgan fingerprint density at radius 1 is 1.15 bits per heavy atom. The van der Waals surface area contributed by atoms with Crippen LogP contribution in [0.1, 0.15) is 24.2 Å². The molecule has 0 saturated carbocycles. The SMILES string of the molecule is CCOC(=O)CNC(=O)c1ccc(OCC)c(OC)c1. The van der Waals surface area contributed by atoms with Crippen molar-refractivity contribution in [1.29, 1.82) is 0 Å². The maximum Gasteiger partial charge on any atom is 0.325 e. The molecule has 0 aliphatic carbocycles. The Hall–Kier alpha value is -2.24. The summed E-state index contributed by atoms with van der Waals surface area (Å²) in [6, 6.07) is 4.82. The molecule has 1 aromatic carbocycles. The van der Waals surface area contributed by atoms with Gasteiger partial charge in [0.05, 0.1) is 20.3 Å². The Balaban J connectivity index is 2.71. The molecule has 1 amide bonds. The number of methoxy groups -OCH3 is 1. The molecule has 6 nitrogen and oxygen atoms in total. The summed E-state index contributed by atoms with van der Waals surface area (Å²) in [5.74, 6) is 0.186. The molecule has 0 bridgehead atoms. The van der Waals surface area contributed by atoms with Gasteiger partial charge in [-0.15, -0.1) is 0 Å². The number of hydrogen-bond donors (Lipinski definition) is 1. The highest BCUT2D eigenvalue weighted by molar-refractivity contribution is 5.96. The van der Waals surface area contributed by atoms with Crippen LogP contribution in [0.2, 0.25) is 0 Å². The first-order chi connectivity index (χ1) is 9.62. The molecule has 0 radical (unpaired) electrons. The van der Waals surface area contributed by atoms with Gasteiger partial charge in [0, 0.05) is 5.56 Å². The van der Waals surface area contributed by atoms with Gasteiger partial charge in [-0.25, -0.2) is 0 Å². The van der Waals surface area contributed by atoms with E-state index in [4.69, 9.17) is 14.2 Å². The molecular weight excluding hydrogens is 262 g/mol. The van der Waals surface area contributed by atoms with Crippen molar-refractivity contribution in [3.8, 4) is 11.5 Å². The molecule has 0 aliphatic heterocycles. The van der Waals surface area contributed by atoms with E-state index in [1.54, 1.807) is 25.1 Å². The maximum absolute atomic E-state index is 11.9. The smallest absolute Gasteiger partial charge is 0.325 e. The third-order valence-corrected chi connectivity index (χ3v) is 2.42. The minimum atomic E-state index is -0.473. The first-order valence-corrected chi connectivity index (χ1v) is 6.37. The zero-order valence-electron chi connectivity index (χ0n) is 11.9. The fourth-order valence-electron chi connectivity index (χ4n) is 1.55. The molecule has 0 unspecified atom stereocenters. The Kier molecular flexibility index (Phi) is 6.36. The molecule has 0 heterocycles. The van der Waals surface area contributed by atoms with E-state index in [2.05, 4.69) is 5.32 Å². The topological polar surface area (TPSA) is 73.9 Å². The molecule has 1 rings (SSSR count). The van der Waals surface area contributed by atoms with Gasteiger partial charge >= 0.3 is 5.97 Å². The zero-order chi connectivity index (χ0) is 15.0. The second kappa shape index (κ2) is 8.04. The number of esters is 1. The molecule has 0 spiro atoms. The molecule has 1 aromatic rings. The van der Waals surface area contributed by atoms with Gasteiger partial charge in [0.2, 0.25) is 0 Å². The minimum Gasteiger partial charge on any atom is -0.493 e. The highest BCUT2D eigenvalue weighted by atomic mass is 16.5. The highest BCUT2D eigenvalue weighted by Gasteiger charge is 2.12. The first kappa shape index (κ1) is 15.8. The number of ether oxygens (including phenoxy) is 3. The van der Waals surface area contributed by atoms with Gasteiger partial charge in [-0.2, -0.15) is 0 Å². The Morgan fingerprint density at radius 2 is 1.90 bits per heavy atom. The van der Waals surface area contributed by atoms with Crippen molar-refractivity contribution in [3.05, 3.63) is 23.8 Å². The van der Waals surface area contributed by atoms with Gasteiger partial charge in [0.1, 0.15) is 6.54 Å². The van der Waals surface area contributed by atoms with Crippen LogP contribution in [0.25, 0.3) is 0 Å². The Bertz CT molecular complexity index is 473. The Morgan fingerprint density at radius 3 is 2.50 bits per heavy atom. The van der Waals surface area contributed by atoms with E-state index in [1.807, 2.05) is 6.92 Å². The molecule has 1 N–H and O–H groups in total. The molecule has 20 heavy (non-hydrogen) atoms. The average Bonchev–Trinajstić information content (AvgIpc) is 2.45. The van der Waals surface area contributed by atoms with E-state index in [0.29, 0.717) is 23.7 Å². The van der Waals surface area contributed by atoms with Crippen molar-refractivity contribution in [1.82, 2.24) is 5.32 Å². The predicted molar refractivity (Wildman–Crippen MR) is 73.1 cm³/mol. The molecule has 110 valence electrons. The summed E-state index contributed by atoms with van der Waals surface area (Å²) in [5, 5.41) is 2.48. The highest BCUT2D eigenvalue weighted by Crippen LogP contribution is 2.27. The summed E-state index contributed by atoms with van der Waals surface area (Å²) in [7, 11) is 1.50. The standard InChI is InChI=1S/C14H19NO5/c1-4-19-11-7-6-10(8-12(11)18-3)14(17)15-9-13(16)20-5-2/h6-8H,4-5,9H2,1-3H3,(H,15,17). The third kappa shape index (κ3) is 4.46. The van der Waals surface area contributed by atoms with E-state index in [0.717, 1.165) is 0 Å². The second-order valence-corrected chi connectivity index (χ2v) is 3.79. The monoisotopic (exact) mass is 281 g/mol. The van der Waals surface area contributed by atoms with E-state index in [-0.39, 0.29) is 19.1 Å². The lowest BCUT2D eigenvalue weighted by Gasteiger charge is -2.11. The quantitative estimate of drug-likeness (QED) is 0.764. The van der Waals surface area contributed by atoms with Gasteiger partial charge < -0.3 is 19.5 Å². The molecule has 0 atom stereocenters. The van der Waals surface area contributed by atoms with Gasteiger partial charge in [0.25, 0.3) is 5.91 Å². The number of benzene rings is 1. The summed E-state index contributed by atoms with van der Waals surface area (Å²) >= 11 is 0. The van der Waals surface area contributed by atoms with Crippen LogP contribution in [0.4, 0.5) is 0 Å². The van der Waals surface area contributed by atoms with Crippen molar-refractivity contribution in [3.63, 3.8) is 0 Å². The van der Waals surface area contributed by atoms with Gasteiger partial charge in [0.15, 0.2) is 11.5 Å². The molecule has 0 aliphatic rings. The lowest BCUT2D eigenvalue weighted by Crippen LogP contribution is -2.30. The summed E-state index contributed by atoms with van der Waals surface area (Å²) in [6.45, 7) is 4.19. The van der Waals surface area contributed by atoms with Crippen LogP contribution in [0, 0.1) is 0 Å². The van der Waals surface area contributed by atoms with E-state index in [9.17, 15) is 9.59 Å². The predicted octanol–water partition coefficient (Wildman–Crippen LogP) is 1.39. The van der Waals surface area contributed by atoms with Gasteiger partial charge in [-0.05, 0) is 32.0 Å². The maximum atomic E-state index is 11.9. The normalized spacial score (nSPS) is 9.75. The van der Waals surface area contributed by atoms with E-state index < -0.39 is 5.97 Å². The number of nitrogens with one attached hydrogen (secondary N) is 1. The molecule has 0 fully saturated rings. The van der Waals surface area contributed by atoms with Crippen molar-refractivity contribution in [2.24, 2.45) is 0 Å². The van der Waals surface area contributed by atoms with Crippen LogP contribution in [0.3, 0.4) is 0 Å². The summed E-state index contributed by atoms with van der Waals surface area (Å²) in [5.41, 5.74) is 0.384. The van der Waals surface area contributed by atoms with Crippen LogP contribution in [0.15, 0.2) is 18.2 Å². The fraction of sp³-hybridized carbons (Fsp3) is 0.429. The van der Waals surface area contributed by atoms with Crippen LogP contribution < -0.4 is 14.8 Å². The van der Waals surface area contributed by atoms with E-state index >= 15 is 0 Å². The van der Waals surface area contributed by atoms with Crippen LogP contribution in [0.5, 0.6) is 11.5 Å². The number of carbonyl (C=O) groups excluding carboxylic acids is 2. The lowest BCUT2D eigenvalue weighted by atomic mass is 10.2. The summed E-state index contributed by atoms with van der Waals surface area (Å²) in [4.78, 5) is 23.0. The van der Waals surface area contributed by atoms with Crippen LogP contribution >= 0.6 is 0 Å². The van der Waals surface area contributed by atoms with Gasteiger partial charge in [-0.1, -0.05) is 0 Å². The lowest BCUT2D eigenvalue weighted by molar-refractivity contribution is -0.141. The van der Waals surface area contributed by atoms with Crippen LogP contribution in [-0.4, -0.2) is 38.7 Å². The number of amides is 1. The number of carbonyl (C=O) groups is 2. The Labute approximate surface area is 118 Å². The van der Waals surface area contributed by atoms with E-state index in [1.165, 1.54) is 7.11 Å². The largest absolute Gasteiger partial charge is 0.493 e. The number of rotatable bonds is 7. The third-order valence-electron chi connectivity index (χ3n) is 2.42. The zero-order valence-corrected chi connectivity index (χ0v) is 11.9. The average molecular weight is 281 g/mol. The second-order valence-electron chi connectivity index (χ2n) is 3.79. The fourth-order valence-corrected chi connectivity index (χ4v) is 1.55. The van der Waals surface area contributed by atoms with Crippen molar-refractivity contribution in [2.45, 2.75) is 13.8 Å². The molecular formula is C14H19NO5. The molecule has 0 aromatic heterocycles.